The largest absolute Gasteiger partial charge is 0.491 e. The van der Waals surface area contributed by atoms with Crippen molar-refractivity contribution in [1.82, 2.24) is 4.90 Å². The van der Waals surface area contributed by atoms with Crippen LogP contribution in [0.3, 0.4) is 0 Å². The van der Waals surface area contributed by atoms with E-state index < -0.39 is 0 Å². The number of hydrogen-bond donors (Lipinski definition) is 0. The molecule has 0 aliphatic carbocycles. The third-order valence-electron chi connectivity index (χ3n) is 4.72. The highest BCUT2D eigenvalue weighted by molar-refractivity contribution is 5.94. The summed E-state index contributed by atoms with van der Waals surface area (Å²) in [7, 11) is 0. The second-order valence-corrected chi connectivity index (χ2v) is 7.13. The highest BCUT2D eigenvalue weighted by Gasteiger charge is 2.26. The van der Waals surface area contributed by atoms with E-state index in [-0.39, 0.29) is 12.0 Å². The number of carbonyl (C=O) groups is 1. The van der Waals surface area contributed by atoms with Gasteiger partial charge >= 0.3 is 0 Å². The van der Waals surface area contributed by atoms with Gasteiger partial charge in [0.05, 0.1) is 6.10 Å². The molecule has 2 fully saturated rings. The molecule has 3 atom stereocenters. The van der Waals surface area contributed by atoms with Gasteiger partial charge in [-0.1, -0.05) is 13.8 Å². The first-order chi connectivity index (χ1) is 11.1. The summed E-state index contributed by atoms with van der Waals surface area (Å²) in [5.74, 6) is 2.10. The summed E-state index contributed by atoms with van der Waals surface area (Å²) in [6.07, 6.45) is 3.61. The second-order valence-electron chi connectivity index (χ2n) is 7.13. The van der Waals surface area contributed by atoms with Crippen molar-refractivity contribution < 1.29 is 14.3 Å². The van der Waals surface area contributed by atoms with Crippen LogP contribution in [0.25, 0.3) is 0 Å². The fraction of sp³-hybridized carbons (Fsp3) is 0.632. The van der Waals surface area contributed by atoms with Gasteiger partial charge in [-0.3, -0.25) is 4.79 Å². The minimum atomic E-state index is 0.133. The molecule has 2 aliphatic heterocycles. The molecular formula is C19H27NO3. The van der Waals surface area contributed by atoms with Crippen molar-refractivity contribution >= 4 is 5.91 Å². The highest BCUT2D eigenvalue weighted by atomic mass is 16.5. The van der Waals surface area contributed by atoms with Crippen LogP contribution in [0.15, 0.2) is 24.3 Å². The molecule has 2 heterocycles. The first kappa shape index (κ1) is 16.3. The van der Waals surface area contributed by atoms with E-state index in [1.54, 1.807) is 0 Å². The Hall–Kier alpha value is -1.55. The van der Waals surface area contributed by atoms with E-state index in [0.29, 0.717) is 18.4 Å². The summed E-state index contributed by atoms with van der Waals surface area (Å²) in [6, 6.07) is 7.52. The Bertz CT molecular complexity index is 512. The number of nitrogens with zero attached hydrogens (tertiary/aromatic N) is 1. The highest BCUT2D eigenvalue weighted by Crippen LogP contribution is 2.23. The first-order valence-electron chi connectivity index (χ1n) is 8.75. The number of amides is 1. The number of ether oxygens (including phenoxy) is 2. The average Bonchev–Trinajstić information content (AvgIpc) is 3.05. The molecule has 0 radical (unpaired) electrons. The molecule has 3 rings (SSSR count). The van der Waals surface area contributed by atoms with Gasteiger partial charge in [0.2, 0.25) is 0 Å². The lowest BCUT2D eigenvalue weighted by atomic mass is 9.91. The van der Waals surface area contributed by atoms with E-state index >= 15 is 0 Å². The van der Waals surface area contributed by atoms with Crippen LogP contribution in [0.4, 0.5) is 0 Å². The van der Waals surface area contributed by atoms with Crippen LogP contribution in [0.2, 0.25) is 0 Å². The number of carbonyl (C=O) groups excluding carboxylic acids is 1. The van der Waals surface area contributed by atoms with Crippen LogP contribution in [0, 0.1) is 11.8 Å². The van der Waals surface area contributed by atoms with Crippen molar-refractivity contribution in [3.8, 4) is 5.75 Å². The van der Waals surface area contributed by atoms with Gasteiger partial charge in [-0.2, -0.15) is 0 Å². The lowest BCUT2D eigenvalue weighted by Gasteiger charge is -2.35. The topological polar surface area (TPSA) is 38.8 Å². The van der Waals surface area contributed by atoms with Crippen molar-refractivity contribution in [3.63, 3.8) is 0 Å². The van der Waals surface area contributed by atoms with E-state index in [1.807, 2.05) is 29.2 Å². The molecule has 2 aliphatic rings. The van der Waals surface area contributed by atoms with E-state index in [9.17, 15) is 4.79 Å². The molecule has 23 heavy (non-hydrogen) atoms. The number of benzene rings is 1. The van der Waals surface area contributed by atoms with Crippen molar-refractivity contribution in [2.24, 2.45) is 11.8 Å². The van der Waals surface area contributed by atoms with Crippen molar-refractivity contribution in [2.45, 2.75) is 39.2 Å². The van der Waals surface area contributed by atoms with Crippen LogP contribution in [0.5, 0.6) is 5.75 Å². The van der Waals surface area contributed by atoms with Crippen molar-refractivity contribution in [1.29, 1.82) is 0 Å². The minimum Gasteiger partial charge on any atom is -0.491 e. The molecule has 0 bridgehead atoms. The molecule has 1 amide bonds. The zero-order valence-corrected chi connectivity index (χ0v) is 14.2. The zero-order valence-electron chi connectivity index (χ0n) is 14.2. The van der Waals surface area contributed by atoms with Crippen molar-refractivity contribution in [2.75, 3.05) is 26.3 Å². The Balaban J connectivity index is 1.56. The van der Waals surface area contributed by atoms with Gasteiger partial charge in [-0.25, -0.2) is 0 Å². The third kappa shape index (κ3) is 4.25. The van der Waals surface area contributed by atoms with E-state index in [0.717, 1.165) is 43.9 Å². The molecular weight excluding hydrogens is 290 g/mol. The van der Waals surface area contributed by atoms with Crippen LogP contribution >= 0.6 is 0 Å². The maximum absolute atomic E-state index is 12.6. The van der Waals surface area contributed by atoms with Crippen LogP contribution < -0.4 is 4.74 Å². The summed E-state index contributed by atoms with van der Waals surface area (Å²) in [5, 5.41) is 0. The second kappa shape index (κ2) is 7.35. The third-order valence-corrected chi connectivity index (χ3v) is 4.72. The molecule has 1 aromatic rings. The number of piperidine rings is 1. The average molecular weight is 317 g/mol. The maximum atomic E-state index is 12.6. The fourth-order valence-electron chi connectivity index (χ4n) is 3.67. The molecule has 3 unspecified atom stereocenters. The molecule has 0 N–H and O–H groups in total. The maximum Gasteiger partial charge on any atom is 0.253 e. The van der Waals surface area contributed by atoms with Gasteiger partial charge in [0, 0.05) is 25.3 Å². The van der Waals surface area contributed by atoms with Gasteiger partial charge < -0.3 is 14.4 Å². The molecule has 0 saturated carbocycles. The van der Waals surface area contributed by atoms with Gasteiger partial charge in [0.15, 0.2) is 0 Å². The van der Waals surface area contributed by atoms with Crippen LogP contribution in [-0.2, 0) is 4.74 Å². The summed E-state index contributed by atoms with van der Waals surface area (Å²) >= 11 is 0. The Kier molecular flexibility index (Phi) is 5.21. The Morgan fingerprint density at radius 2 is 1.91 bits per heavy atom. The quantitative estimate of drug-likeness (QED) is 0.855. The van der Waals surface area contributed by atoms with Crippen LogP contribution in [0.1, 0.15) is 43.5 Å². The molecule has 2 saturated heterocycles. The summed E-state index contributed by atoms with van der Waals surface area (Å²) in [6.45, 7) is 7.60. The predicted molar refractivity (Wildman–Crippen MR) is 89.8 cm³/mol. The molecule has 4 nitrogen and oxygen atoms in total. The Morgan fingerprint density at radius 1 is 1.22 bits per heavy atom. The monoisotopic (exact) mass is 317 g/mol. The summed E-state index contributed by atoms with van der Waals surface area (Å²) < 4.78 is 11.3. The van der Waals surface area contributed by atoms with E-state index in [4.69, 9.17) is 9.47 Å². The Morgan fingerprint density at radius 3 is 2.52 bits per heavy atom. The normalized spacial score (nSPS) is 27.9. The van der Waals surface area contributed by atoms with Gasteiger partial charge in [0.25, 0.3) is 5.91 Å². The van der Waals surface area contributed by atoms with Crippen LogP contribution in [-0.4, -0.2) is 43.2 Å². The summed E-state index contributed by atoms with van der Waals surface area (Å²) in [5.41, 5.74) is 0.746. The predicted octanol–water partition coefficient (Wildman–Crippen LogP) is 3.36. The number of rotatable bonds is 4. The molecule has 0 spiro atoms. The molecule has 126 valence electrons. The fourth-order valence-corrected chi connectivity index (χ4v) is 3.67. The first-order valence-corrected chi connectivity index (χ1v) is 8.75. The number of likely N-dealkylation sites (tertiary alicyclic amines) is 1. The molecule has 1 aromatic carbocycles. The van der Waals surface area contributed by atoms with Gasteiger partial charge in [-0.05, 0) is 55.4 Å². The standard InChI is InChI=1S/C19H27NO3/c1-14-10-15(2)12-20(11-14)19(21)16-5-7-17(8-6-16)23-13-18-4-3-9-22-18/h5-8,14-15,18H,3-4,9-13H2,1-2H3. The number of hydrogen-bond acceptors (Lipinski definition) is 3. The molecule has 0 aromatic heterocycles. The smallest absolute Gasteiger partial charge is 0.253 e. The van der Waals surface area contributed by atoms with Gasteiger partial charge in [-0.15, -0.1) is 0 Å². The Labute approximate surface area is 138 Å². The molecule has 4 heteroatoms. The van der Waals surface area contributed by atoms with Gasteiger partial charge in [0.1, 0.15) is 12.4 Å². The lowest BCUT2D eigenvalue weighted by Crippen LogP contribution is -2.42. The minimum absolute atomic E-state index is 0.133. The SMILES string of the molecule is CC1CC(C)CN(C(=O)c2ccc(OCC3CCCO3)cc2)C1. The lowest BCUT2D eigenvalue weighted by molar-refractivity contribution is 0.0622. The van der Waals surface area contributed by atoms with E-state index in [1.165, 1.54) is 6.42 Å². The zero-order chi connectivity index (χ0) is 16.2. The summed E-state index contributed by atoms with van der Waals surface area (Å²) in [4.78, 5) is 14.6. The van der Waals surface area contributed by atoms with Crippen molar-refractivity contribution in [3.05, 3.63) is 29.8 Å². The van der Waals surface area contributed by atoms with E-state index in [2.05, 4.69) is 13.8 Å².